The molecule has 0 aliphatic heterocycles. The van der Waals surface area contributed by atoms with Gasteiger partial charge < -0.3 is 4.74 Å². The summed E-state index contributed by atoms with van der Waals surface area (Å²) in [4.78, 5) is 12.2. The van der Waals surface area contributed by atoms with Crippen molar-refractivity contribution >= 4 is 16.8 Å². The van der Waals surface area contributed by atoms with Crippen molar-refractivity contribution in [2.24, 2.45) is 0 Å². The molecular formula is C20H19NO2. The molecule has 0 amide bonds. The quantitative estimate of drug-likeness (QED) is 0.611. The van der Waals surface area contributed by atoms with Crippen molar-refractivity contribution in [3.8, 4) is 5.75 Å². The van der Waals surface area contributed by atoms with E-state index in [1.54, 1.807) is 10.6 Å². The topological polar surface area (TPSA) is 31.2 Å². The zero-order valence-corrected chi connectivity index (χ0v) is 12.9. The van der Waals surface area contributed by atoms with Gasteiger partial charge in [-0.25, -0.2) is 0 Å². The highest BCUT2D eigenvalue weighted by Gasteiger charge is 2.09. The lowest BCUT2D eigenvalue weighted by Gasteiger charge is -2.07. The smallest absolute Gasteiger partial charge is 0.231 e. The van der Waals surface area contributed by atoms with Gasteiger partial charge in [0, 0.05) is 18.0 Å². The van der Waals surface area contributed by atoms with Gasteiger partial charge >= 0.3 is 0 Å². The SMILES string of the molecule is C=CCCC(=O)n1ccc2cc(OCc3ccccc3)ccc21. The highest BCUT2D eigenvalue weighted by molar-refractivity contribution is 5.93. The van der Waals surface area contributed by atoms with Crippen molar-refractivity contribution in [1.82, 2.24) is 4.57 Å². The van der Waals surface area contributed by atoms with Crippen molar-refractivity contribution in [3.63, 3.8) is 0 Å². The Balaban J connectivity index is 1.75. The van der Waals surface area contributed by atoms with Crippen LogP contribution in [0.2, 0.25) is 0 Å². The van der Waals surface area contributed by atoms with Gasteiger partial charge in [-0.1, -0.05) is 36.4 Å². The van der Waals surface area contributed by atoms with Gasteiger partial charge in [-0.05, 0) is 36.2 Å². The Morgan fingerprint density at radius 1 is 1.13 bits per heavy atom. The number of carbonyl (C=O) groups is 1. The number of allylic oxidation sites excluding steroid dienone is 1. The van der Waals surface area contributed by atoms with E-state index in [0.29, 0.717) is 19.4 Å². The summed E-state index contributed by atoms with van der Waals surface area (Å²) in [5, 5.41) is 1.00. The third-order valence-electron chi connectivity index (χ3n) is 3.74. The van der Waals surface area contributed by atoms with Gasteiger partial charge in [0.2, 0.25) is 5.91 Å². The lowest BCUT2D eigenvalue weighted by atomic mass is 10.2. The van der Waals surface area contributed by atoms with Crippen molar-refractivity contribution in [3.05, 3.63) is 79.0 Å². The molecule has 0 bridgehead atoms. The molecule has 116 valence electrons. The molecule has 0 saturated heterocycles. The molecular weight excluding hydrogens is 286 g/mol. The van der Waals surface area contributed by atoms with Crippen LogP contribution in [0.4, 0.5) is 0 Å². The van der Waals surface area contributed by atoms with Crippen molar-refractivity contribution < 1.29 is 9.53 Å². The number of aromatic nitrogens is 1. The number of hydrogen-bond acceptors (Lipinski definition) is 2. The number of fused-ring (bicyclic) bond motifs is 1. The molecule has 0 spiro atoms. The third-order valence-corrected chi connectivity index (χ3v) is 3.74. The van der Waals surface area contributed by atoms with Crippen LogP contribution in [0.3, 0.4) is 0 Å². The second-order valence-corrected chi connectivity index (χ2v) is 5.40. The van der Waals surface area contributed by atoms with Crippen LogP contribution in [-0.4, -0.2) is 10.5 Å². The average molecular weight is 305 g/mol. The largest absolute Gasteiger partial charge is 0.489 e. The molecule has 1 aromatic heterocycles. The molecule has 23 heavy (non-hydrogen) atoms. The van der Waals surface area contributed by atoms with Crippen LogP contribution in [0.1, 0.15) is 23.2 Å². The molecule has 0 atom stereocenters. The van der Waals surface area contributed by atoms with E-state index in [9.17, 15) is 4.79 Å². The van der Waals surface area contributed by atoms with Crippen LogP contribution < -0.4 is 4.74 Å². The minimum absolute atomic E-state index is 0.0813. The molecule has 2 aromatic carbocycles. The lowest BCUT2D eigenvalue weighted by molar-refractivity contribution is 0.0909. The standard InChI is InChI=1S/C20H19NO2/c1-2-3-9-20(22)21-13-12-17-14-18(10-11-19(17)21)23-15-16-7-5-4-6-8-16/h2,4-8,10-14H,1,3,9,15H2. The predicted octanol–water partition coefficient (Wildman–Crippen LogP) is 4.83. The number of benzene rings is 2. The minimum atomic E-state index is 0.0813. The Hall–Kier alpha value is -2.81. The van der Waals surface area contributed by atoms with E-state index in [4.69, 9.17) is 4.74 Å². The zero-order valence-electron chi connectivity index (χ0n) is 12.9. The number of rotatable bonds is 6. The second-order valence-electron chi connectivity index (χ2n) is 5.40. The maximum absolute atomic E-state index is 12.2. The summed E-state index contributed by atoms with van der Waals surface area (Å²) < 4.78 is 7.52. The predicted molar refractivity (Wildman–Crippen MR) is 92.8 cm³/mol. The summed E-state index contributed by atoms with van der Waals surface area (Å²) in [5.74, 6) is 0.885. The van der Waals surface area contributed by atoms with E-state index in [2.05, 4.69) is 6.58 Å². The zero-order chi connectivity index (χ0) is 16.1. The van der Waals surface area contributed by atoms with Crippen LogP contribution >= 0.6 is 0 Å². The first-order valence-corrected chi connectivity index (χ1v) is 7.70. The molecule has 0 radical (unpaired) electrons. The maximum Gasteiger partial charge on any atom is 0.231 e. The Labute approximate surface area is 135 Å². The number of ether oxygens (including phenoxy) is 1. The Morgan fingerprint density at radius 2 is 1.96 bits per heavy atom. The van der Waals surface area contributed by atoms with Crippen molar-refractivity contribution in [2.45, 2.75) is 19.4 Å². The van der Waals surface area contributed by atoms with Gasteiger partial charge in [-0.2, -0.15) is 0 Å². The number of carbonyl (C=O) groups excluding carboxylic acids is 1. The molecule has 0 aliphatic rings. The van der Waals surface area contributed by atoms with E-state index < -0.39 is 0 Å². The van der Waals surface area contributed by atoms with Gasteiger partial charge in [0.15, 0.2) is 0 Å². The van der Waals surface area contributed by atoms with E-state index >= 15 is 0 Å². The number of nitrogens with zero attached hydrogens (tertiary/aromatic N) is 1. The van der Waals surface area contributed by atoms with E-state index in [1.807, 2.05) is 60.8 Å². The molecule has 0 fully saturated rings. The highest BCUT2D eigenvalue weighted by atomic mass is 16.5. The summed E-state index contributed by atoms with van der Waals surface area (Å²) in [6, 6.07) is 17.8. The molecule has 1 heterocycles. The van der Waals surface area contributed by atoms with Gasteiger partial charge in [0.1, 0.15) is 12.4 Å². The fraction of sp³-hybridized carbons (Fsp3) is 0.150. The van der Waals surface area contributed by atoms with Crippen LogP contribution in [0, 0.1) is 0 Å². The van der Waals surface area contributed by atoms with Crippen molar-refractivity contribution in [1.29, 1.82) is 0 Å². The molecule has 3 heteroatoms. The molecule has 3 aromatic rings. The fourth-order valence-corrected chi connectivity index (χ4v) is 2.51. The first-order valence-electron chi connectivity index (χ1n) is 7.70. The van der Waals surface area contributed by atoms with Gasteiger partial charge in [-0.15, -0.1) is 6.58 Å². The van der Waals surface area contributed by atoms with Crippen LogP contribution in [0.15, 0.2) is 73.4 Å². The molecule has 0 unspecified atom stereocenters. The lowest BCUT2D eigenvalue weighted by Crippen LogP contribution is -2.08. The normalized spacial score (nSPS) is 10.6. The fourth-order valence-electron chi connectivity index (χ4n) is 2.51. The summed E-state index contributed by atoms with van der Waals surface area (Å²) in [5.41, 5.74) is 2.04. The summed E-state index contributed by atoms with van der Waals surface area (Å²) >= 11 is 0. The van der Waals surface area contributed by atoms with Gasteiger partial charge in [0.25, 0.3) is 0 Å². The van der Waals surface area contributed by atoms with Gasteiger partial charge in [0.05, 0.1) is 5.52 Å². The Kier molecular flexibility index (Phi) is 4.57. The Morgan fingerprint density at radius 3 is 2.74 bits per heavy atom. The van der Waals surface area contributed by atoms with E-state index in [-0.39, 0.29) is 5.91 Å². The average Bonchev–Trinajstić information content (AvgIpc) is 3.02. The highest BCUT2D eigenvalue weighted by Crippen LogP contribution is 2.23. The molecule has 3 rings (SSSR count). The first-order chi connectivity index (χ1) is 11.3. The summed E-state index contributed by atoms with van der Waals surface area (Å²) in [6.07, 6.45) is 4.74. The first kappa shape index (κ1) is 15.1. The second kappa shape index (κ2) is 6.97. The summed E-state index contributed by atoms with van der Waals surface area (Å²) in [7, 11) is 0. The molecule has 0 aliphatic carbocycles. The Bertz CT molecular complexity index is 818. The van der Waals surface area contributed by atoms with Crippen LogP contribution in [0.5, 0.6) is 5.75 Å². The van der Waals surface area contributed by atoms with E-state index in [0.717, 1.165) is 22.2 Å². The van der Waals surface area contributed by atoms with Crippen molar-refractivity contribution in [2.75, 3.05) is 0 Å². The maximum atomic E-state index is 12.2. The van der Waals surface area contributed by atoms with E-state index in [1.165, 1.54) is 0 Å². The van der Waals surface area contributed by atoms with Crippen LogP contribution in [-0.2, 0) is 6.61 Å². The van der Waals surface area contributed by atoms with Gasteiger partial charge in [-0.3, -0.25) is 9.36 Å². The third kappa shape index (κ3) is 3.51. The summed E-state index contributed by atoms with van der Waals surface area (Å²) in [6.45, 7) is 4.19. The molecule has 3 nitrogen and oxygen atoms in total. The molecule has 0 N–H and O–H groups in total. The monoisotopic (exact) mass is 305 g/mol. The molecule has 0 saturated carbocycles. The van der Waals surface area contributed by atoms with Crippen LogP contribution in [0.25, 0.3) is 10.9 Å². The number of hydrogen-bond donors (Lipinski definition) is 0. The minimum Gasteiger partial charge on any atom is -0.489 e.